The third-order valence-corrected chi connectivity index (χ3v) is 4.52. The number of aliphatic carboxylic acids is 1. The van der Waals surface area contributed by atoms with Crippen molar-refractivity contribution in [3.8, 4) is 0 Å². The van der Waals surface area contributed by atoms with E-state index in [2.05, 4.69) is 9.44 Å². The van der Waals surface area contributed by atoms with Crippen molar-refractivity contribution in [2.75, 3.05) is 15.7 Å². The summed E-state index contributed by atoms with van der Waals surface area (Å²) in [6, 6.07) is 5.66. The minimum absolute atomic E-state index is 0.0103. The molecule has 1 rings (SSSR count). The lowest BCUT2D eigenvalue weighted by atomic mass is 10.3. The Balaban J connectivity index is 3.14. The molecule has 0 radical (unpaired) electrons. The summed E-state index contributed by atoms with van der Waals surface area (Å²) in [4.78, 5) is 10.7. The van der Waals surface area contributed by atoms with E-state index in [-0.39, 0.29) is 11.4 Å². The second kappa shape index (κ2) is 5.67. The third kappa shape index (κ3) is 4.38. The number of carbonyl (C=O) groups is 1. The average molecular weight is 322 g/mol. The lowest BCUT2D eigenvalue weighted by Gasteiger charge is -2.15. The van der Waals surface area contributed by atoms with Crippen molar-refractivity contribution >= 4 is 37.4 Å². The molecule has 1 atom stereocenters. The van der Waals surface area contributed by atoms with Crippen molar-refractivity contribution in [1.29, 1.82) is 0 Å². The monoisotopic (exact) mass is 322 g/mol. The largest absolute Gasteiger partial charge is 0.480 e. The van der Waals surface area contributed by atoms with Crippen molar-refractivity contribution in [3.63, 3.8) is 0 Å². The molecule has 10 heteroatoms. The molecule has 0 aliphatic heterocycles. The van der Waals surface area contributed by atoms with Crippen LogP contribution >= 0.6 is 0 Å². The molecular formula is C10H14N2O6S2. The third-order valence-electron chi connectivity index (χ3n) is 2.29. The summed E-state index contributed by atoms with van der Waals surface area (Å²) < 4.78 is 50.1. The molecule has 112 valence electrons. The van der Waals surface area contributed by atoms with Crippen molar-refractivity contribution < 1.29 is 26.7 Å². The average Bonchev–Trinajstić information content (AvgIpc) is 2.28. The molecular weight excluding hydrogens is 308 g/mol. The Hall–Kier alpha value is -1.81. The lowest BCUT2D eigenvalue weighted by molar-refractivity contribution is -0.136. The highest BCUT2D eigenvalue weighted by molar-refractivity contribution is 7.94. The van der Waals surface area contributed by atoms with Crippen molar-refractivity contribution in [2.45, 2.75) is 12.2 Å². The number of rotatable bonds is 6. The van der Waals surface area contributed by atoms with E-state index in [4.69, 9.17) is 5.11 Å². The molecule has 1 aromatic rings. The van der Waals surface area contributed by atoms with Gasteiger partial charge < -0.3 is 5.11 Å². The Morgan fingerprint density at radius 3 is 1.95 bits per heavy atom. The summed E-state index contributed by atoms with van der Waals surface area (Å²) in [7, 11) is -7.77. The molecule has 0 spiro atoms. The fourth-order valence-electron chi connectivity index (χ4n) is 1.24. The fourth-order valence-corrected chi connectivity index (χ4v) is 2.74. The minimum Gasteiger partial charge on any atom is -0.480 e. The molecule has 0 amide bonds. The quantitative estimate of drug-likeness (QED) is 0.689. The Morgan fingerprint density at radius 2 is 1.55 bits per heavy atom. The van der Waals surface area contributed by atoms with Crippen LogP contribution in [-0.4, -0.2) is 39.4 Å². The molecule has 0 heterocycles. The fraction of sp³-hybridized carbons (Fsp3) is 0.300. The number of sulfonamides is 2. The zero-order valence-electron chi connectivity index (χ0n) is 10.7. The van der Waals surface area contributed by atoms with Gasteiger partial charge >= 0.3 is 5.97 Å². The Bertz CT molecular complexity index is 711. The van der Waals surface area contributed by atoms with Gasteiger partial charge in [0, 0.05) is 0 Å². The predicted octanol–water partition coefficient (Wildman–Crippen LogP) is 0.273. The molecule has 0 bridgehead atoms. The van der Waals surface area contributed by atoms with Crippen LogP contribution in [-0.2, 0) is 24.8 Å². The predicted molar refractivity (Wildman–Crippen MR) is 74.5 cm³/mol. The van der Waals surface area contributed by atoms with Crippen LogP contribution in [0.4, 0.5) is 11.4 Å². The van der Waals surface area contributed by atoms with Gasteiger partial charge in [0.25, 0.3) is 0 Å². The van der Waals surface area contributed by atoms with Crippen LogP contribution in [0.3, 0.4) is 0 Å². The van der Waals surface area contributed by atoms with E-state index in [1.54, 1.807) is 0 Å². The summed E-state index contributed by atoms with van der Waals surface area (Å²) >= 11 is 0. The molecule has 0 saturated carbocycles. The number of nitrogens with one attached hydrogen (secondary N) is 2. The number of carboxylic acid groups (broad SMARTS) is 1. The number of para-hydroxylation sites is 2. The molecule has 0 fully saturated rings. The maximum Gasteiger partial charge on any atom is 0.323 e. The smallest absolute Gasteiger partial charge is 0.323 e. The minimum atomic E-state index is -4.18. The highest BCUT2D eigenvalue weighted by Gasteiger charge is 2.28. The van der Waals surface area contributed by atoms with Crippen molar-refractivity contribution in [3.05, 3.63) is 24.3 Å². The van der Waals surface area contributed by atoms with Crippen LogP contribution in [0.15, 0.2) is 24.3 Å². The summed E-state index contributed by atoms with van der Waals surface area (Å²) in [5.74, 6) is -1.51. The molecule has 3 N–H and O–H groups in total. The highest BCUT2D eigenvalue weighted by atomic mass is 32.2. The van der Waals surface area contributed by atoms with Crippen LogP contribution < -0.4 is 9.44 Å². The number of benzene rings is 1. The van der Waals surface area contributed by atoms with Crippen LogP contribution in [0.5, 0.6) is 0 Å². The van der Waals surface area contributed by atoms with E-state index in [0.29, 0.717) is 0 Å². The van der Waals surface area contributed by atoms with Gasteiger partial charge in [-0.1, -0.05) is 12.1 Å². The van der Waals surface area contributed by atoms with E-state index >= 15 is 0 Å². The van der Waals surface area contributed by atoms with E-state index in [0.717, 1.165) is 13.2 Å². The molecule has 1 unspecified atom stereocenters. The topological polar surface area (TPSA) is 130 Å². The number of hydrogen-bond acceptors (Lipinski definition) is 5. The van der Waals surface area contributed by atoms with Crippen LogP contribution in [0.2, 0.25) is 0 Å². The molecule has 0 aromatic heterocycles. The zero-order chi connectivity index (χ0) is 15.6. The molecule has 0 aliphatic carbocycles. The van der Waals surface area contributed by atoms with Crippen molar-refractivity contribution in [2.24, 2.45) is 0 Å². The van der Waals surface area contributed by atoms with Gasteiger partial charge in [0.2, 0.25) is 20.0 Å². The van der Waals surface area contributed by atoms with E-state index in [1.807, 2.05) is 0 Å². The molecule has 8 nitrogen and oxygen atoms in total. The van der Waals surface area contributed by atoms with Gasteiger partial charge in [-0.05, 0) is 19.1 Å². The standard InChI is InChI=1S/C10H14N2O6S2/c1-7(10(13)14)20(17,18)12-9-6-4-3-5-8(9)11-19(2,15)16/h3-7,11-12H,1-2H3,(H,13,14). The van der Waals surface area contributed by atoms with Gasteiger partial charge in [-0.2, -0.15) is 0 Å². The van der Waals surface area contributed by atoms with E-state index < -0.39 is 31.3 Å². The molecule has 0 aliphatic rings. The van der Waals surface area contributed by atoms with E-state index in [9.17, 15) is 21.6 Å². The SMILES string of the molecule is CC(C(=O)O)S(=O)(=O)Nc1ccccc1NS(C)(=O)=O. The first-order chi connectivity index (χ1) is 9.03. The first-order valence-corrected chi connectivity index (χ1v) is 8.78. The van der Waals surface area contributed by atoms with Crippen LogP contribution in [0.1, 0.15) is 6.92 Å². The van der Waals surface area contributed by atoms with Gasteiger partial charge in [-0.25, -0.2) is 16.8 Å². The highest BCUT2D eigenvalue weighted by Crippen LogP contribution is 2.24. The normalized spacial score (nSPS) is 13.5. The Morgan fingerprint density at radius 1 is 1.10 bits per heavy atom. The van der Waals surface area contributed by atoms with E-state index in [1.165, 1.54) is 24.3 Å². The van der Waals surface area contributed by atoms with Gasteiger partial charge in [-0.15, -0.1) is 0 Å². The van der Waals surface area contributed by atoms with Gasteiger partial charge in [0.15, 0.2) is 5.25 Å². The second-order valence-corrected chi connectivity index (χ2v) is 7.80. The second-order valence-electron chi connectivity index (χ2n) is 4.05. The first kappa shape index (κ1) is 16.2. The summed E-state index contributed by atoms with van der Waals surface area (Å²) in [6.45, 7) is 1.01. The van der Waals surface area contributed by atoms with Gasteiger partial charge in [0.05, 0.1) is 17.6 Å². The number of hydrogen-bond donors (Lipinski definition) is 3. The summed E-state index contributed by atoms with van der Waals surface area (Å²) in [5.41, 5.74) is -0.0396. The van der Waals surface area contributed by atoms with Gasteiger partial charge in [-0.3, -0.25) is 14.2 Å². The molecule has 0 saturated heterocycles. The molecule has 20 heavy (non-hydrogen) atoms. The van der Waals surface area contributed by atoms with Gasteiger partial charge in [0.1, 0.15) is 0 Å². The van der Waals surface area contributed by atoms with Crippen LogP contribution in [0, 0.1) is 0 Å². The Kier molecular flexibility index (Phi) is 4.61. The first-order valence-electron chi connectivity index (χ1n) is 5.34. The van der Waals surface area contributed by atoms with Crippen molar-refractivity contribution in [1.82, 2.24) is 0 Å². The van der Waals surface area contributed by atoms with Crippen LogP contribution in [0.25, 0.3) is 0 Å². The summed E-state index contributed by atoms with van der Waals surface area (Å²) in [5, 5.41) is 7.05. The number of anilines is 2. The molecule has 1 aromatic carbocycles. The zero-order valence-corrected chi connectivity index (χ0v) is 12.3. The summed E-state index contributed by atoms with van der Waals surface area (Å²) in [6.07, 6.45) is 0.915. The maximum absolute atomic E-state index is 11.8. The lowest BCUT2D eigenvalue weighted by Crippen LogP contribution is -2.32. The Labute approximate surface area is 116 Å². The number of carboxylic acids is 1. The maximum atomic E-state index is 11.8.